The van der Waals surface area contributed by atoms with Crippen molar-refractivity contribution in [1.82, 2.24) is 0 Å². The average molecular weight is 222 g/mol. The maximum Gasteiger partial charge on any atom is 0.125 e. The lowest BCUT2D eigenvalue weighted by molar-refractivity contribution is -0.115. The second-order valence-electron chi connectivity index (χ2n) is 5.36. The topological polar surface area (TPSA) is 29.5 Å². The second-order valence-corrected chi connectivity index (χ2v) is 5.36. The van der Waals surface area contributed by atoms with Gasteiger partial charge in [0.15, 0.2) is 0 Å². The third kappa shape index (κ3) is 2.26. The van der Waals surface area contributed by atoms with Crippen LogP contribution in [0.5, 0.6) is 0 Å². The maximum atomic E-state index is 10.0. The molecule has 2 aliphatic carbocycles. The Morgan fingerprint density at radius 3 is 2.38 bits per heavy atom. The Morgan fingerprint density at radius 1 is 1.31 bits per heavy atom. The quantitative estimate of drug-likeness (QED) is 0.741. The first kappa shape index (κ1) is 12.0. The van der Waals surface area contributed by atoms with Crippen LogP contribution in [-0.2, 0) is 4.74 Å². The van der Waals surface area contributed by atoms with Crippen LogP contribution in [0.1, 0.15) is 51.9 Å². The number of hydrogen-bond acceptors (Lipinski definition) is 2. The molecule has 0 saturated heterocycles. The molecule has 90 valence electrons. The fourth-order valence-corrected chi connectivity index (χ4v) is 2.82. The molecule has 0 aliphatic heterocycles. The Hall–Kier alpha value is -0.520. The van der Waals surface area contributed by atoms with E-state index in [4.69, 9.17) is 11.2 Å². The van der Waals surface area contributed by atoms with Gasteiger partial charge in [-0.15, -0.1) is 6.42 Å². The Kier molecular flexibility index (Phi) is 3.28. The molecule has 0 bridgehead atoms. The summed E-state index contributed by atoms with van der Waals surface area (Å²) in [6.07, 6.45) is 12.3. The summed E-state index contributed by atoms with van der Waals surface area (Å²) < 4.78 is 6.10. The fraction of sp³-hybridized carbons (Fsp3) is 0.857. The van der Waals surface area contributed by atoms with E-state index in [0.717, 1.165) is 31.8 Å². The largest absolute Gasteiger partial charge is 0.378 e. The first-order valence-electron chi connectivity index (χ1n) is 6.48. The number of terminal acetylenes is 1. The Bertz CT molecular complexity index is 278. The summed E-state index contributed by atoms with van der Waals surface area (Å²) in [6.45, 7) is 2.98. The number of rotatable bonds is 4. The maximum absolute atomic E-state index is 10.0. The highest BCUT2D eigenvalue weighted by atomic mass is 16.5. The van der Waals surface area contributed by atoms with E-state index in [2.05, 4.69) is 12.8 Å². The van der Waals surface area contributed by atoms with Gasteiger partial charge < -0.3 is 9.84 Å². The smallest absolute Gasteiger partial charge is 0.125 e. The van der Waals surface area contributed by atoms with Gasteiger partial charge >= 0.3 is 0 Å². The van der Waals surface area contributed by atoms with E-state index in [-0.39, 0.29) is 5.60 Å². The SMILES string of the molecule is C#CC1(O)CCC(OCCC)(C2CC2)CC1. The predicted molar refractivity (Wildman–Crippen MR) is 63.9 cm³/mol. The second kappa shape index (κ2) is 4.39. The number of aliphatic hydroxyl groups is 1. The average Bonchev–Trinajstić information content (AvgIpc) is 3.13. The van der Waals surface area contributed by atoms with Crippen molar-refractivity contribution < 1.29 is 9.84 Å². The van der Waals surface area contributed by atoms with Crippen molar-refractivity contribution in [2.24, 2.45) is 5.92 Å². The van der Waals surface area contributed by atoms with Gasteiger partial charge in [0, 0.05) is 6.61 Å². The molecule has 0 spiro atoms. The molecule has 0 amide bonds. The summed E-state index contributed by atoms with van der Waals surface area (Å²) in [5, 5.41) is 10.0. The first-order valence-corrected chi connectivity index (χ1v) is 6.48. The number of ether oxygens (including phenoxy) is 1. The molecule has 0 aromatic rings. The lowest BCUT2D eigenvalue weighted by Crippen LogP contribution is -2.45. The summed E-state index contributed by atoms with van der Waals surface area (Å²) in [7, 11) is 0. The summed E-state index contributed by atoms with van der Waals surface area (Å²) in [6, 6.07) is 0. The lowest BCUT2D eigenvalue weighted by Gasteiger charge is -2.42. The predicted octanol–water partition coefficient (Wildman–Crippen LogP) is 2.50. The molecule has 1 N–H and O–H groups in total. The molecule has 2 nitrogen and oxygen atoms in total. The van der Waals surface area contributed by atoms with Crippen molar-refractivity contribution in [1.29, 1.82) is 0 Å². The van der Waals surface area contributed by atoms with Crippen LogP contribution in [0.2, 0.25) is 0 Å². The van der Waals surface area contributed by atoms with Crippen LogP contribution in [0.3, 0.4) is 0 Å². The standard InChI is InChI=1S/C14H22O2/c1-3-11-16-14(12-5-6-12)9-7-13(15,4-2)8-10-14/h2,12,15H,3,5-11H2,1H3. The molecule has 0 aromatic carbocycles. The fourth-order valence-electron chi connectivity index (χ4n) is 2.82. The van der Waals surface area contributed by atoms with Crippen LogP contribution >= 0.6 is 0 Å². The zero-order valence-corrected chi connectivity index (χ0v) is 10.2. The molecule has 2 saturated carbocycles. The number of hydrogen-bond donors (Lipinski definition) is 1. The van der Waals surface area contributed by atoms with Gasteiger partial charge in [0.2, 0.25) is 0 Å². The highest BCUT2D eigenvalue weighted by molar-refractivity contribution is 5.13. The van der Waals surface area contributed by atoms with Crippen molar-refractivity contribution in [3.05, 3.63) is 0 Å². The van der Waals surface area contributed by atoms with Crippen LogP contribution < -0.4 is 0 Å². The minimum absolute atomic E-state index is 0.0408. The summed E-state index contributed by atoms with van der Waals surface area (Å²) >= 11 is 0. The van der Waals surface area contributed by atoms with Crippen LogP contribution in [0, 0.1) is 18.3 Å². The van der Waals surface area contributed by atoms with Gasteiger partial charge in [-0.05, 0) is 50.9 Å². The molecule has 2 aliphatic rings. The molecular formula is C14H22O2. The van der Waals surface area contributed by atoms with Crippen molar-refractivity contribution in [2.45, 2.75) is 63.1 Å². The molecule has 0 aromatic heterocycles. The van der Waals surface area contributed by atoms with Gasteiger partial charge in [-0.2, -0.15) is 0 Å². The van der Waals surface area contributed by atoms with Crippen LogP contribution in [0.25, 0.3) is 0 Å². The molecule has 0 radical (unpaired) electrons. The van der Waals surface area contributed by atoms with Gasteiger partial charge in [0.1, 0.15) is 5.60 Å². The van der Waals surface area contributed by atoms with E-state index in [1.54, 1.807) is 0 Å². The summed E-state index contributed by atoms with van der Waals surface area (Å²) in [4.78, 5) is 0. The minimum Gasteiger partial charge on any atom is -0.378 e. The highest BCUT2D eigenvalue weighted by Crippen LogP contribution is 2.51. The molecule has 0 atom stereocenters. The van der Waals surface area contributed by atoms with Crippen LogP contribution in [-0.4, -0.2) is 22.9 Å². The normalized spacial score (nSPS) is 39.3. The van der Waals surface area contributed by atoms with E-state index in [0.29, 0.717) is 12.8 Å². The van der Waals surface area contributed by atoms with Crippen LogP contribution in [0.15, 0.2) is 0 Å². The lowest BCUT2D eigenvalue weighted by atomic mass is 9.74. The summed E-state index contributed by atoms with van der Waals surface area (Å²) in [5.41, 5.74) is -0.826. The molecule has 0 unspecified atom stereocenters. The van der Waals surface area contributed by atoms with Crippen molar-refractivity contribution in [3.8, 4) is 12.3 Å². The monoisotopic (exact) mass is 222 g/mol. The van der Waals surface area contributed by atoms with E-state index in [9.17, 15) is 5.11 Å². The zero-order chi connectivity index (χ0) is 11.6. The molecule has 2 heteroatoms. The third-order valence-electron chi connectivity index (χ3n) is 4.11. The van der Waals surface area contributed by atoms with Crippen molar-refractivity contribution in [3.63, 3.8) is 0 Å². The molecule has 16 heavy (non-hydrogen) atoms. The van der Waals surface area contributed by atoms with Gasteiger partial charge in [-0.25, -0.2) is 0 Å². The molecule has 2 fully saturated rings. The molecule has 0 heterocycles. The van der Waals surface area contributed by atoms with Crippen molar-refractivity contribution in [2.75, 3.05) is 6.61 Å². The van der Waals surface area contributed by atoms with Crippen molar-refractivity contribution >= 4 is 0 Å². The first-order chi connectivity index (χ1) is 7.64. The third-order valence-corrected chi connectivity index (χ3v) is 4.11. The molecular weight excluding hydrogens is 200 g/mol. The van der Waals surface area contributed by atoms with E-state index in [1.165, 1.54) is 12.8 Å². The van der Waals surface area contributed by atoms with E-state index >= 15 is 0 Å². The Labute approximate surface area is 98.4 Å². The van der Waals surface area contributed by atoms with Gasteiger partial charge in [-0.1, -0.05) is 12.8 Å². The van der Waals surface area contributed by atoms with Gasteiger partial charge in [0.25, 0.3) is 0 Å². The van der Waals surface area contributed by atoms with Crippen LogP contribution in [0.4, 0.5) is 0 Å². The minimum atomic E-state index is -0.867. The van der Waals surface area contributed by atoms with Gasteiger partial charge in [0.05, 0.1) is 5.60 Å². The van der Waals surface area contributed by atoms with E-state index < -0.39 is 5.60 Å². The summed E-state index contributed by atoms with van der Waals surface area (Å²) in [5.74, 6) is 3.26. The van der Waals surface area contributed by atoms with Gasteiger partial charge in [-0.3, -0.25) is 0 Å². The molecule has 2 rings (SSSR count). The Morgan fingerprint density at radius 2 is 1.94 bits per heavy atom. The van der Waals surface area contributed by atoms with E-state index in [1.807, 2.05) is 0 Å². The highest BCUT2D eigenvalue weighted by Gasteiger charge is 2.50. The Balaban J connectivity index is 1.99. The zero-order valence-electron chi connectivity index (χ0n) is 10.2.